The number of ether oxygens (including phenoxy) is 4. The molecule has 10 aliphatic carbocycles. The van der Waals surface area contributed by atoms with Gasteiger partial charge in [0.15, 0.2) is 0 Å². The van der Waals surface area contributed by atoms with Crippen LogP contribution < -0.4 is 0 Å². The summed E-state index contributed by atoms with van der Waals surface area (Å²) in [6, 6.07) is 0. The SMILES string of the molecule is CC(C)(O)CCCOC(=O)C1CC2C=CC1C2.CC(C)(O)CCCOC(=O)C1CC2CC1C1C3C=CC(C3)C21.CC(C)(O)CCCOC(=O)CC1CC2C=CC1C2.CCC(O)(CC)CCCOC(=O)C1CC2C=CC1C2. The minimum absolute atomic E-state index is 0.0339. The fourth-order valence-corrected chi connectivity index (χ4v) is 15.3. The van der Waals surface area contributed by atoms with E-state index in [0.717, 1.165) is 107 Å². The molecule has 0 aromatic carbocycles. The molecule has 0 radical (unpaired) electrons. The number of carbonyl (C=O) groups excluding carboxylic acids is 4. The lowest BCUT2D eigenvalue weighted by Crippen LogP contribution is -2.35. The Morgan fingerprint density at radius 1 is 0.434 bits per heavy atom. The van der Waals surface area contributed by atoms with Crippen LogP contribution in [0.3, 0.4) is 0 Å². The summed E-state index contributed by atoms with van der Waals surface area (Å²) in [4.78, 5) is 48.0. The summed E-state index contributed by atoms with van der Waals surface area (Å²) in [7, 11) is 0. The molecule has 0 amide bonds. The molecule has 4 N–H and O–H groups in total. The van der Waals surface area contributed by atoms with Crippen LogP contribution in [0.2, 0.25) is 0 Å². The highest BCUT2D eigenvalue weighted by atomic mass is 16.5. The van der Waals surface area contributed by atoms with E-state index in [2.05, 4.69) is 48.6 Å². The Morgan fingerprint density at radius 2 is 0.842 bits per heavy atom. The molecule has 6 saturated carbocycles. The van der Waals surface area contributed by atoms with E-state index in [-0.39, 0.29) is 41.6 Å². The first-order chi connectivity index (χ1) is 35.9. The standard InChI is InChI=1S/C19H28O3.C16H26O3.C15H24O3.C14H22O3/c1-19(2,21)6-3-7-22-18(20)15-10-13-9-14(15)17-12-5-4-11(8-12)16(13)17;1-3-16(18,4-2)8-5-9-19-15(17)14-11-12-6-7-13(14)10-12;1-15(2,17)6-3-7-18-14(16)10-13-9-11-4-5-12(13)8-11;1-14(2,16)6-3-7-17-13(15)12-9-10-4-5-11(12)8-10/h4-5,11-17,21H,3,6-10H2,1-2H3;6-7,12-14,18H,3-5,8-11H2,1-2H3;4-5,11-13,17H,3,6-10H2,1-2H3;4-5,10-12,16H,3,6-9H2,1-2H3. The zero-order chi connectivity index (χ0) is 55.0. The molecule has 0 spiro atoms. The van der Waals surface area contributed by atoms with E-state index in [1.165, 1.54) is 19.3 Å². The quantitative estimate of drug-likeness (QED) is 0.0250. The molecule has 0 saturated heterocycles. The largest absolute Gasteiger partial charge is 0.466 e. The number of hydrogen-bond donors (Lipinski definition) is 4. The number of allylic oxidation sites excluding steroid dienone is 8. The Balaban J connectivity index is 0.000000148. The molecular weight excluding hydrogens is 961 g/mol. The number of fused-ring (bicyclic) bond motifs is 15. The summed E-state index contributed by atoms with van der Waals surface area (Å²) in [5.41, 5.74) is -2.58. The van der Waals surface area contributed by atoms with E-state index >= 15 is 0 Å². The predicted molar refractivity (Wildman–Crippen MR) is 294 cm³/mol. The Hall–Kier alpha value is -3.32. The second-order valence-corrected chi connectivity index (χ2v) is 27.1. The summed E-state index contributed by atoms with van der Waals surface area (Å²) < 4.78 is 21.4. The third-order valence-electron chi connectivity index (χ3n) is 19.5. The summed E-state index contributed by atoms with van der Waals surface area (Å²) in [6.45, 7) is 16.4. The van der Waals surface area contributed by atoms with Crippen molar-refractivity contribution in [1.82, 2.24) is 0 Å². The number of rotatable bonds is 23. The van der Waals surface area contributed by atoms with Gasteiger partial charge in [-0.15, -0.1) is 0 Å². The first-order valence-electron chi connectivity index (χ1n) is 30.2. The van der Waals surface area contributed by atoms with Crippen molar-refractivity contribution < 1.29 is 58.6 Å². The average Bonchev–Trinajstić information content (AvgIpc) is 4.23. The molecule has 428 valence electrons. The van der Waals surface area contributed by atoms with E-state index in [9.17, 15) is 39.6 Å². The van der Waals surface area contributed by atoms with Crippen molar-refractivity contribution in [2.24, 2.45) is 94.7 Å². The van der Waals surface area contributed by atoms with Gasteiger partial charge in [-0.2, -0.15) is 0 Å². The fourth-order valence-electron chi connectivity index (χ4n) is 15.3. The second kappa shape index (κ2) is 26.3. The van der Waals surface area contributed by atoms with Crippen molar-refractivity contribution in [2.75, 3.05) is 26.4 Å². The highest BCUT2D eigenvalue weighted by Gasteiger charge is 2.62. The van der Waals surface area contributed by atoms with Crippen molar-refractivity contribution >= 4 is 23.9 Å². The van der Waals surface area contributed by atoms with Gasteiger partial charge >= 0.3 is 23.9 Å². The van der Waals surface area contributed by atoms with Gasteiger partial charge in [0.25, 0.3) is 0 Å². The molecule has 0 aromatic heterocycles. The molecule has 76 heavy (non-hydrogen) atoms. The molecule has 16 unspecified atom stereocenters. The minimum atomic E-state index is -0.665. The van der Waals surface area contributed by atoms with Crippen LogP contribution >= 0.6 is 0 Å². The van der Waals surface area contributed by atoms with Crippen LogP contribution in [0, 0.1) is 94.7 Å². The molecule has 10 rings (SSSR count). The molecule has 0 heterocycles. The molecule has 6 fully saturated rings. The minimum Gasteiger partial charge on any atom is -0.466 e. The maximum atomic E-state index is 12.5. The lowest BCUT2D eigenvalue weighted by Gasteiger charge is -2.35. The van der Waals surface area contributed by atoms with Crippen LogP contribution in [0.15, 0.2) is 48.6 Å². The van der Waals surface area contributed by atoms with Gasteiger partial charge in [-0.1, -0.05) is 62.5 Å². The van der Waals surface area contributed by atoms with Gasteiger partial charge in [0.05, 0.1) is 66.6 Å². The van der Waals surface area contributed by atoms with Gasteiger partial charge in [-0.25, -0.2) is 0 Å². The van der Waals surface area contributed by atoms with E-state index in [1.807, 2.05) is 13.8 Å². The van der Waals surface area contributed by atoms with Gasteiger partial charge in [0.2, 0.25) is 0 Å². The third kappa shape index (κ3) is 16.9. The molecule has 10 aliphatic rings. The molecule has 12 nitrogen and oxygen atoms in total. The molecule has 0 aromatic rings. The highest BCUT2D eigenvalue weighted by Crippen LogP contribution is 2.67. The van der Waals surface area contributed by atoms with Gasteiger partial charge in [-0.3, -0.25) is 19.2 Å². The molecule has 0 aliphatic heterocycles. The first kappa shape index (κ1) is 60.3. The van der Waals surface area contributed by atoms with E-state index in [1.54, 1.807) is 41.5 Å². The second-order valence-electron chi connectivity index (χ2n) is 27.1. The van der Waals surface area contributed by atoms with Crippen LogP contribution in [-0.2, 0) is 38.1 Å². The Kier molecular flexibility index (Phi) is 20.9. The molecular formula is C64H100O12. The fraction of sp³-hybridized carbons (Fsp3) is 0.812. The summed E-state index contributed by atoms with van der Waals surface area (Å²) in [6.07, 6.45) is 36.2. The van der Waals surface area contributed by atoms with Crippen molar-refractivity contribution in [2.45, 2.75) is 206 Å². The smallest absolute Gasteiger partial charge is 0.309 e. The summed E-state index contributed by atoms with van der Waals surface area (Å²) >= 11 is 0. The molecule has 10 bridgehead atoms. The monoisotopic (exact) mass is 1060 g/mol. The van der Waals surface area contributed by atoms with Crippen molar-refractivity contribution in [1.29, 1.82) is 0 Å². The normalized spacial score (nSPS) is 34.1. The average molecular weight is 1060 g/mol. The van der Waals surface area contributed by atoms with E-state index in [4.69, 9.17) is 18.9 Å². The molecule has 16 atom stereocenters. The van der Waals surface area contributed by atoms with Crippen LogP contribution in [0.25, 0.3) is 0 Å². The third-order valence-corrected chi connectivity index (χ3v) is 19.5. The number of esters is 4. The zero-order valence-electron chi connectivity index (χ0n) is 47.9. The summed E-state index contributed by atoms with van der Waals surface area (Å²) in [5, 5.41) is 38.9. The van der Waals surface area contributed by atoms with Crippen molar-refractivity contribution in [3.63, 3.8) is 0 Å². The summed E-state index contributed by atoms with van der Waals surface area (Å²) in [5.74, 6) is 8.63. The van der Waals surface area contributed by atoms with Gasteiger partial charge < -0.3 is 39.4 Å². The van der Waals surface area contributed by atoms with Crippen LogP contribution in [0.4, 0.5) is 0 Å². The highest BCUT2D eigenvalue weighted by molar-refractivity contribution is 5.75. The lowest BCUT2D eigenvalue weighted by molar-refractivity contribution is -0.152. The molecule has 12 heteroatoms. The number of hydrogen-bond acceptors (Lipinski definition) is 12. The maximum absolute atomic E-state index is 12.5. The lowest BCUT2D eigenvalue weighted by atomic mass is 9.69. The zero-order valence-corrected chi connectivity index (χ0v) is 47.9. The van der Waals surface area contributed by atoms with E-state index in [0.29, 0.717) is 106 Å². The Bertz CT molecular complexity index is 2050. The number of carbonyl (C=O) groups is 4. The van der Waals surface area contributed by atoms with Crippen molar-refractivity contribution in [3.05, 3.63) is 48.6 Å². The van der Waals surface area contributed by atoms with Crippen LogP contribution in [0.1, 0.15) is 184 Å². The maximum Gasteiger partial charge on any atom is 0.309 e. The van der Waals surface area contributed by atoms with E-state index < -0.39 is 22.4 Å². The van der Waals surface area contributed by atoms with Gasteiger partial charge in [0.1, 0.15) is 0 Å². The Morgan fingerprint density at radius 3 is 1.25 bits per heavy atom. The van der Waals surface area contributed by atoms with Gasteiger partial charge in [0, 0.05) is 6.42 Å². The van der Waals surface area contributed by atoms with Gasteiger partial charge in [-0.05, 0) is 240 Å². The first-order valence-corrected chi connectivity index (χ1v) is 30.2. The number of aliphatic hydroxyl groups is 4. The van der Waals surface area contributed by atoms with Crippen LogP contribution in [0.5, 0.6) is 0 Å². The van der Waals surface area contributed by atoms with Crippen LogP contribution in [-0.4, -0.2) is 93.1 Å². The van der Waals surface area contributed by atoms with Crippen molar-refractivity contribution in [3.8, 4) is 0 Å². The Labute approximate surface area is 456 Å². The topological polar surface area (TPSA) is 186 Å². The predicted octanol–water partition coefficient (Wildman–Crippen LogP) is 11.2.